The lowest BCUT2D eigenvalue weighted by molar-refractivity contribution is 0.172. The van der Waals surface area contributed by atoms with Crippen molar-refractivity contribution in [1.29, 1.82) is 0 Å². The lowest BCUT2D eigenvalue weighted by Gasteiger charge is -2.13. The second-order valence-electron chi connectivity index (χ2n) is 6.70. The van der Waals surface area contributed by atoms with Crippen LogP contribution in [0.3, 0.4) is 0 Å². The normalized spacial score (nSPS) is 11.5. The first-order chi connectivity index (χ1) is 13.6. The van der Waals surface area contributed by atoms with Gasteiger partial charge in [0.15, 0.2) is 5.96 Å². The third kappa shape index (κ3) is 7.60. The molecule has 2 aromatic rings. The van der Waals surface area contributed by atoms with Crippen LogP contribution >= 0.6 is 0 Å². The monoisotopic (exact) mass is 387 g/mol. The molecule has 0 amide bonds. The molecule has 7 heteroatoms. The average molecular weight is 388 g/mol. The Morgan fingerprint density at radius 2 is 2.11 bits per heavy atom. The van der Waals surface area contributed by atoms with Gasteiger partial charge in [0.25, 0.3) is 0 Å². The summed E-state index contributed by atoms with van der Waals surface area (Å²) in [5.41, 5.74) is 3.46. The Hall–Kier alpha value is -2.54. The highest BCUT2D eigenvalue weighted by molar-refractivity contribution is 5.79. The maximum absolute atomic E-state index is 5.95. The van der Waals surface area contributed by atoms with E-state index in [9.17, 15) is 0 Å². The van der Waals surface area contributed by atoms with E-state index >= 15 is 0 Å². The van der Waals surface area contributed by atoms with Crippen LogP contribution in [0.25, 0.3) is 0 Å². The van der Waals surface area contributed by atoms with E-state index < -0.39 is 0 Å². The second kappa shape index (κ2) is 12.0. The summed E-state index contributed by atoms with van der Waals surface area (Å²) in [6.07, 6.45) is 5.69. The van der Waals surface area contributed by atoms with Crippen LogP contribution in [0.2, 0.25) is 0 Å². The lowest BCUT2D eigenvalue weighted by Crippen LogP contribution is -2.38. The number of aryl methyl sites for hydroxylation is 2. The standard InChI is InChI=1S/C21H33N5O2/c1-5-22-21(23-10-9-18-14-25-26(3)16-18)24-15-19-8-7-17(2)13-20(19)28-12-6-11-27-4/h7-8,13-14,16H,5-6,9-12,15H2,1-4H3,(H2,22,23,24). The number of hydrogen-bond donors (Lipinski definition) is 2. The second-order valence-corrected chi connectivity index (χ2v) is 6.70. The molecule has 154 valence electrons. The quantitative estimate of drug-likeness (QED) is 0.352. The van der Waals surface area contributed by atoms with Crippen molar-refractivity contribution in [1.82, 2.24) is 20.4 Å². The van der Waals surface area contributed by atoms with Crippen molar-refractivity contribution in [3.8, 4) is 5.75 Å². The fourth-order valence-corrected chi connectivity index (χ4v) is 2.74. The van der Waals surface area contributed by atoms with E-state index in [-0.39, 0.29) is 0 Å². The molecule has 0 aliphatic heterocycles. The summed E-state index contributed by atoms with van der Waals surface area (Å²) < 4.78 is 12.9. The zero-order valence-corrected chi connectivity index (χ0v) is 17.5. The van der Waals surface area contributed by atoms with Gasteiger partial charge in [-0.2, -0.15) is 5.10 Å². The van der Waals surface area contributed by atoms with Crippen molar-refractivity contribution >= 4 is 5.96 Å². The van der Waals surface area contributed by atoms with E-state index in [4.69, 9.17) is 14.5 Å². The van der Waals surface area contributed by atoms with E-state index in [0.29, 0.717) is 19.8 Å². The molecule has 2 rings (SSSR count). The smallest absolute Gasteiger partial charge is 0.191 e. The fraction of sp³-hybridized carbons (Fsp3) is 0.524. The summed E-state index contributed by atoms with van der Waals surface area (Å²) in [6, 6.07) is 6.25. The predicted molar refractivity (Wildman–Crippen MR) is 113 cm³/mol. The summed E-state index contributed by atoms with van der Waals surface area (Å²) in [5, 5.41) is 10.9. The van der Waals surface area contributed by atoms with Gasteiger partial charge in [-0.3, -0.25) is 4.68 Å². The third-order valence-corrected chi connectivity index (χ3v) is 4.19. The summed E-state index contributed by atoms with van der Waals surface area (Å²) in [6.45, 7) is 7.64. The molecule has 1 aromatic carbocycles. The maximum atomic E-state index is 5.95. The van der Waals surface area contributed by atoms with Crippen molar-refractivity contribution in [3.63, 3.8) is 0 Å². The molecule has 1 heterocycles. The Bertz CT molecular complexity index is 742. The Labute approximate surface area is 168 Å². The maximum Gasteiger partial charge on any atom is 0.191 e. The highest BCUT2D eigenvalue weighted by Crippen LogP contribution is 2.21. The Morgan fingerprint density at radius 3 is 2.82 bits per heavy atom. The number of nitrogens with zero attached hydrogens (tertiary/aromatic N) is 3. The van der Waals surface area contributed by atoms with Crippen LogP contribution in [0, 0.1) is 6.92 Å². The molecule has 0 saturated carbocycles. The minimum Gasteiger partial charge on any atom is -0.493 e. The van der Waals surface area contributed by atoms with Crippen LogP contribution in [0.1, 0.15) is 30.0 Å². The molecule has 0 bridgehead atoms. The topological polar surface area (TPSA) is 72.7 Å². The van der Waals surface area contributed by atoms with E-state index in [1.165, 1.54) is 11.1 Å². The van der Waals surface area contributed by atoms with Gasteiger partial charge >= 0.3 is 0 Å². The molecule has 28 heavy (non-hydrogen) atoms. The van der Waals surface area contributed by atoms with E-state index in [0.717, 1.165) is 43.2 Å². The highest BCUT2D eigenvalue weighted by atomic mass is 16.5. The Balaban J connectivity index is 1.94. The van der Waals surface area contributed by atoms with Gasteiger partial charge in [-0.15, -0.1) is 0 Å². The molecule has 2 N–H and O–H groups in total. The van der Waals surface area contributed by atoms with Crippen molar-refractivity contribution in [3.05, 3.63) is 47.3 Å². The summed E-state index contributed by atoms with van der Waals surface area (Å²) in [4.78, 5) is 4.72. The molecule has 0 spiro atoms. The number of aliphatic imine (C=N–C) groups is 1. The predicted octanol–water partition coefficient (Wildman–Crippen LogP) is 2.44. The van der Waals surface area contributed by atoms with Crippen LogP contribution in [-0.2, 0) is 24.8 Å². The molecule has 0 aliphatic carbocycles. The molecule has 1 aromatic heterocycles. The first kappa shape index (κ1) is 21.8. The summed E-state index contributed by atoms with van der Waals surface area (Å²) in [7, 11) is 3.63. The van der Waals surface area contributed by atoms with Gasteiger partial charge in [0.1, 0.15) is 5.75 Å². The molecular formula is C21H33N5O2. The number of methoxy groups -OCH3 is 1. The number of aromatic nitrogens is 2. The molecular weight excluding hydrogens is 354 g/mol. The molecule has 0 radical (unpaired) electrons. The minimum atomic E-state index is 0.558. The Morgan fingerprint density at radius 1 is 1.25 bits per heavy atom. The van der Waals surface area contributed by atoms with Crippen molar-refractivity contribution in [2.45, 2.75) is 33.2 Å². The van der Waals surface area contributed by atoms with Gasteiger partial charge in [0, 0.05) is 52.0 Å². The van der Waals surface area contributed by atoms with Crippen molar-refractivity contribution in [2.75, 3.05) is 33.4 Å². The zero-order chi connectivity index (χ0) is 20.2. The number of nitrogens with one attached hydrogen (secondary N) is 2. The van der Waals surface area contributed by atoms with E-state index in [2.05, 4.69) is 47.8 Å². The number of ether oxygens (including phenoxy) is 2. The number of benzene rings is 1. The average Bonchev–Trinajstić information content (AvgIpc) is 3.09. The molecule has 7 nitrogen and oxygen atoms in total. The fourth-order valence-electron chi connectivity index (χ4n) is 2.74. The van der Waals surface area contributed by atoms with Crippen LogP contribution < -0.4 is 15.4 Å². The number of guanidine groups is 1. The van der Waals surface area contributed by atoms with E-state index in [1.54, 1.807) is 7.11 Å². The van der Waals surface area contributed by atoms with Gasteiger partial charge in [-0.25, -0.2) is 4.99 Å². The van der Waals surface area contributed by atoms with Crippen LogP contribution in [0.5, 0.6) is 5.75 Å². The summed E-state index contributed by atoms with van der Waals surface area (Å²) in [5.74, 6) is 1.70. The van der Waals surface area contributed by atoms with Gasteiger partial charge in [0.2, 0.25) is 0 Å². The third-order valence-electron chi connectivity index (χ3n) is 4.19. The van der Waals surface area contributed by atoms with Crippen molar-refractivity contribution in [2.24, 2.45) is 12.0 Å². The first-order valence-electron chi connectivity index (χ1n) is 9.83. The highest BCUT2D eigenvalue weighted by Gasteiger charge is 2.06. The minimum absolute atomic E-state index is 0.558. The SMILES string of the molecule is CCNC(=NCc1ccc(C)cc1OCCCOC)NCCc1cnn(C)c1. The van der Waals surface area contributed by atoms with Gasteiger partial charge in [-0.05, 0) is 37.5 Å². The van der Waals surface area contributed by atoms with Crippen LogP contribution in [0.4, 0.5) is 0 Å². The molecule has 0 unspecified atom stereocenters. The zero-order valence-electron chi connectivity index (χ0n) is 17.5. The van der Waals surface area contributed by atoms with Gasteiger partial charge in [0.05, 0.1) is 19.3 Å². The molecule has 0 saturated heterocycles. The van der Waals surface area contributed by atoms with E-state index in [1.807, 2.05) is 24.1 Å². The lowest BCUT2D eigenvalue weighted by atomic mass is 10.1. The molecule has 0 aliphatic rings. The van der Waals surface area contributed by atoms with Crippen LogP contribution in [-0.4, -0.2) is 49.2 Å². The molecule has 0 fully saturated rings. The molecule has 0 atom stereocenters. The van der Waals surface area contributed by atoms with Gasteiger partial charge < -0.3 is 20.1 Å². The first-order valence-corrected chi connectivity index (χ1v) is 9.83. The van der Waals surface area contributed by atoms with Crippen molar-refractivity contribution < 1.29 is 9.47 Å². The summed E-state index contributed by atoms with van der Waals surface area (Å²) >= 11 is 0. The Kier molecular flexibility index (Phi) is 9.34. The van der Waals surface area contributed by atoms with Gasteiger partial charge in [-0.1, -0.05) is 12.1 Å². The number of rotatable bonds is 11. The van der Waals surface area contributed by atoms with Crippen LogP contribution in [0.15, 0.2) is 35.6 Å². The number of hydrogen-bond acceptors (Lipinski definition) is 4. The largest absolute Gasteiger partial charge is 0.493 e.